The Balaban J connectivity index is 3.17. The highest BCUT2D eigenvalue weighted by atomic mass is 16.5. The Morgan fingerprint density at radius 3 is 2.67 bits per heavy atom. The van der Waals surface area contributed by atoms with Crippen LogP contribution in [0.25, 0.3) is 0 Å². The van der Waals surface area contributed by atoms with Crippen molar-refractivity contribution in [2.24, 2.45) is 0 Å². The number of hydrogen-bond acceptors (Lipinski definition) is 3. The molecule has 0 aliphatic heterocycles. The van der Waals surface area contributed by atoms with Gasteiger partial charge in [-0.2, -0.15) is 0 Å². The molecule has 0 fully saturated rings. The van der Waals surface area contributed by atoms with Gasteiger partial charge in [-0.15, -0.1) is 0 Å². The number of methoxy groups -OCH3 is 1. The first kappa shape index (κ1) is 11.6. The van der Waals surface area contributed by atoms with Crippen molar-refractivity contribution in [2.75, 3.05) is 7.11 Å². The van der Waals surface area contributed by atoms with Gasteiger partial charge < -0.3 is 9.84 Å². The van der Waals surface area contributed by atoms with E-state index in [1.165, 1.54) is 7.11 Å². The van der Waals surface area contributed by atoms with Crippen LogP contribution in [-0.4, -0.2) is 18.2 Å². The topological polar surface area (TPSA) is 46.5 Å². The third-order valence-corrected chi connectivity index (χ3v) is 2.35. The summed E-state index contributed by atoms with van der Waals surface area (Å²) in [5.41, 5.74) is 2.06. The summed E-state index contributed by atoms with van der Waals surface area (Å²) in [6.07, 6.45) is 1.69. The fraction of sp³-hybridized carbons (Fsp3) is 0.417. The molecule has 1 rings (SSSR count). The molecule has 3 nitrogen and oxygen atoms in total. The minimum atomic E-state index is -0.357. The van der Waals surface area contributed by atoms with Gasteiger partial charge in [0.25, 0.3) is 0 Å². The lowest BCUT2D eigenvalue weighted by Gasteiger charge is -2.08. The van der Waals surface area contributed by atoms with Crippen molar-refractivity contribution >= 4 is 5.97 Å². The van der Waals surface area contributed by atoms with Gasteiger partial charge in [0.1, 0.15) is 5.75 Å². The highest BCUT2D eigenvalue weighted by Crippen LogP contribution is 2.23. The van der Waals surface area contributed by atoms with E-state index < -0.39 is 0 Å². The zero-order chi connectivity index (χ0) is 11.4. The third-order valence-electron chi connectivity index (χ3n) is 2.35. The summed E-state index contributed by atoms with van der Waals surface area (Å²) < 4.78 is 4.67. The second-order valence-electron chi connectivity index (χ2n) is 3.54. The Morgan fingerprint density at radius 2 is 2.13 bits per heavy atom. The van der Waals surface area contributed by atoms with Crippen LogP contribution in [0.5, 0.6) is 5.75 Å². The quantitative estimate of drug-likeness (QED) is 0.776. The van der Waals surface area contributed by atoms with E-state index in [0.717, 1.165) is 24.0 Å². The zero-order valence-electron chi connectivity index (χ0n) is 9.33. The predicted octanol–water partition coefficient (Wildman–Crippen LogP) is 2.44. The van der Waals surface area contributed by atoms with Crippen molar-refractivity contribution < 1.29 is 14.6 Å². The lowest BCUT2D eigenvalue weighted by atomic mass is 10.0. The maximum Gasteiger partial charge on any atom is 0.338 e. The molecule has 3 heteroatoms. The molecule has 0 aromatic heterocycles. The van der Waals surface area contributed by atoms with Crippen LogP contribution in [0, 0.1) is 6.92 Å². The second kappa shape index (κ2) is 4.82. The van der Waals surface area contributed by atoms with Gasteiger partial charge in [-0.3, -0.25) is 0 Å². The molecule has 1 aromatic rings. The molecule has 0 radical (unpaired) electrons. The number of rotatable bonds is 3. The maximum atomic E-state index is 11.4. The Morgan fingerprint density at radius 1 is 1.47 bits per heavy atom. The second-order valence-corrected chi connectivity index (χ2v) is 3.54. The van der Waals surface area contributed by atoms with E-state index in [0.29, 0.717) is 5.56 Å². The normalized spacial score (nSPS) is 10.1. The Labute approximate surface area is 89.7 Å². The molecule has 15 heavy (non-hydrogen) atoms. The van der Waals surface area contributed by atoms with Gasteiger partial charge in [0, 0.05) is 0 Å². The lowest BCUT2D eigenvalue weighted by molar-refractivity contribution is 0.0600. The van der Waals surface area contributed by atoms with Gasteiger partial charge in [0.2, 0.25) is 0 Å². The predicted molar refractivity (Wildman–Crippen MR) is 58.2 cm³/mol. The molecule has 0 bridgehead atoms. The van der Waals surface area contributed by atoms with E-state index in [1.54, 1.807) is 19.1 Å². The monoisotopic (exact) mass is 208 g/mol. The molecule has 0 saturated heterocycles. The molecule has 0 aliphatic rings. The van der Waals surface area contributed by atoms with Crippen LogP contribution in [0.1, 0.15) is 34.8 Å². The Hall–Kier alpha value is -1.51. The number of esters is 1. The van der Waals surface area contributed by atoms with E-state index in [-0.39, 0.29) is 11.7 Å². The minimum absolute atomic E-state index is 0.252. The molecule has 0 unspecified atom stereocenters. The average molecular weight is 208 g/mol. The lowest BCUT2D eigenvalue weighted by Crippen LogP contribution is -2.04. The summed E-state index contributed by atoms with van der Waals surface area (Å²) in [5.74, 6) is -0.105. The number of ether oxygens (including phenoxy) is 1. The summed E-state index contributed by atoms with van der Waals surface area (Å²) in [5, 5.41) is 9.65. The first-order valence-electron chi connectivity index (χ1n) is 5.01. The smallest absolute Gasteiger partial charge is 0.338 e. The van der Waals surface area contributed by atoms with Crippen LogP contribution >= 0.6 is 0 Å². The molecular weight excluding hydrogens is 192 g/mol. The number of carbonyl (C=O) groups is 1. The van der Waals surface area contributed by atoms with Crippen LogP contribution in [0.2, 0.25) is 0 Å². The van der Waals surface area contributed by atoms with E-state index in [1.807, 2.05) is 6.92 Å². The van der Waals surface area contributed by atoms with Crippen molar-refractivity contribution in [3.8, 4) is 5.75 Å². The highest BCUT2D eigenvalue weighted by molar-refractivity contribution is 5.91. The van der Waals surface area contributed by atoms with E-state index in [2.05, 4.69) is 4.74 Å². The van der Waals surface area contributed by atoms with Crippen LogP contribution in [0.4, 0.5) is 0 Å². The zero-order valence-corrected chi connectivity index (χ0v) is 9.33. The first-order chi connectivity index (χ1) is 7.10. The fourth-order valence-electron chi connectivity index (χ4n) is 1.54. The van der Waals surface area contributed by atoms with Gasteiger partial charge >= 0.3 is 5.97 Å². The van der Waals surface area contributed by atoms with Gasteiger partial charge in [0.15, 0.2) is 0 Å². The molecule has 1 aromatic carbocycles. The summed E-state index contributed by atoms with van der Waals surface area (Å²) in [6, 6.07) is 3.32. The van der Waals surface area contributed by atoms with Crippen LogP contribution in [-0.2, 0) is 11.2 Å². The number of hydrogen-bond donors (Lipinski definition) is 1. The first-order valence-corrected chi connectivity index (χ1v) is 5.01. The third kappa shape index (κ3) is 2.49. The molecule has 0 atom stereocenters. The molecule has 0 saturated carbocycles. The Bertz CT molecular complexity index is 369. The van der Waals surface area contributed by atoms with Crippen LogP contribution < -0.4 is 0 Å². The van der Waals surface area contributed by atoms with Gasteiger partial charge in [-0.1, -0.05) is 13.3 Å². The number of aromatic hydroxyl groups is 1. The highest BCUT2D eigenvalue weighted by Gasteiger charge is 2.12. The molecule has 0 aliphatic carbocycles. The maximum absolute atomic E-state index is 11.4. The van der Waals surface area contributed by atoms with E-state index >= 15 is 0 Å². The molecular formula is C12H16O3. The van der Waals surface area contributed by atoms with Crippen molar-refractivity contribution in [1.82, 2.24) is 0 Å². The molecule has 0 amide bonds. The average Bonchev–Trinajstić information content (AvgIpc) is 2.21. The standard InChI is InChI=1S/C12H16O3/c1-4-5-9-7-10(12(14)15-3)8(2)6-11(9)13/h6-7,13H,4-5H2,1-3H3. The number of phenols is 1. The van der Waals surface area contributed by atoms with E-state index in [4.69, 9.17) is 0 Å². The molecule has 1 N–H and O–H groups in total. The van der Waals surface area contributed by atoms with Crippen LogP contribution in [0.3, 0.4) is 0 Å². The summed E-state index contributed by atoms with van der Waals surface area (Å²) >= 11 is 0. The largest absolute Gasteiger partial charge is 0.508 e. The summed E-state index contributed by atoms with van der Waals surface area (Å²) in [7, 11) is 1.36. The van der Waals surface area contributed by atoms with Gasteiger partial charge in [-0.05, 0) is 36.6 Å². The SMILES string of the molecule is CCCc1cc(C(=O)OC)c(C)cc1O. The summed E-state index contributed by atoms with van der Waals surface area (Å²) in [6.45, 7) is 3.80. The Kier molecular flexibility index (Phi) is 3.72. The van der Waals surface area contributed by atoms with Crippen molar-refractivity contribution in [1.29, 1.82) is 0 Å². The van der Waals surface area contributed by atoms with Crippen molar-refractivity contribution in [3.05, 3.63) is 28.8 Å². The van der Waals surface area contributed by atoms with Crippen molar-refractivity contribution in [3.63, 3.8) is 0 Å². The van der Waals surface area contributed by atoms with Crippen LogP contribution in [0.15, 0.2) is 12.1 Å². The molecule has 0 spiro atoms. The minimum Gasteiger partial charge on any atom is -0.508 e. The fourth-order valence-corrected chi connectivity index (χ4v) is 1.54. The number of phenolic OH excluding ortho intramolecular Hbond substituents is 1. The molecule has 0 heterocycles. The summed E-state index contributed by atoms with van der Waals surface area (Å²) in [4.78, 5) is 11.4. The van der Waals surface area contributed by atoms with Crippen molar-refractivity contribution in [2.45, 2.75) is 26.7 Å². The number of aryl methyl sites for hydroxylation is 2. The van der Waals surface area contributed by atoms with E-state index in [9.17, 15) is 9.90 Å². The molecule has 82 valence electrons. The number of benzene rings is 1. The van der Waals surface area contributed by atoms with Gasteiger partial charge in [0.05, 0.1) is 12.7 Å². The number of carbonyl (C=O) groups excluding carboxylic acids is 1. The van der Waals surface area contributed by atoms with Gasteiger partial charge in [-0.25, -0.2) is 4.79 Å².